The first-order valence-electron chi connectivity index (χ1n) is 7.07. The molecule has 0 fully saturated rings. The smallest absolute Gasteiger partial charge is 0.433 e. The number of thiazole rings is 1. The number of benzene rings is 1. The Balaban J connectivity index is 1.62. The number of ether oxygens (including phenoxy) is 2. The van der Waals surface area contributed by atoms with Gasteiger partial charge in [0.05, 0.1) is 18.9 Å². The van der Waals surface area contributed by atoms with Crippen LogP contribution in [-0.2, 0) is 11.3 Å². The predicted octanol–water partition coefficient (Wildman–Crippen LogP) is 3.68. The number of nitro groups is 1. The van der Waals surface area contributed by atoms with Crippen LogP contribution in [0.25, 0.3) is 10.6 Å². The van der Waals surface area contributed by atoms with Crippen LogP contribution in [0.1, 0.15) is 16.2 Å². The summed E-state index contributed by atoms with van der Waals surface area (Å²) in [5, 5.41) is 13.1. The molecule has 0 aliphatic rings. The molecule has 0 amide bonds. The maximum Gasteiger partial charge on any atom is 0.433 e. The molecule has 3 aromatic rings. The molecule has 1 aromatic carbocycles. The molecule has 0 atom stereocenters. The van der Waals surface area contributed by atoms with Gasteiger partial charge in [0, 0.05) is 10.9 Å². The van der Waals surface area contributed by atoms with Gasteiger partial charge in [-0.1, -0.05) is 0 Å². The van der Waals surface area contributed by atoms with Crippen LogP contribution in [0.5, 0.6) is 5.75 Å². The summed E-state index contributed by atoms with van der Waals surface area (Å²) in [7, 11) is 1.60. The Kier molecular flexibility index (Phi) is 4.75. The Morgan fingerprint density at radius 1 is 1.28 bits per heavy atom. The molecule has 0 aliphatic heterocycles. The average Bonchev–Trinajstić information content (AvgIpc) is 3.29. The van der Waals surface area contributed by atoms with Crippen molar-refractivity contribution in [1.82, 2.24) is 4.98 Å². The van der Waals surface area contributed by atoms with Gasteiger partial charge in [-0.2, -0.15) is 0 Å². The fourth-order valence-corrected chi connectivity index (χ4v) is 2.80. The first kappa shape index (κ1) is 16.7. The molecule has 0 saturated heterocycles. The summed E-state index contributed by atoms with van der Waals surface area (Å²) in [5.41, 5.74) is 1.50. The minimum absolute atomic E-state index is 0.0556. The third-order valence-corrected chi connectivity index (χ3v) is 4.15. The Morgan fingerprint density at radius 3 is 2.68 bits per heavy atom. The Bertz CT molecular complexity index is 900. The lowest BCUT2D eigenvalue weighted by Gasteiger charge is -2.01. The van der Waals surface area contributed by atoms with E-state index in [0.29, 0.717) is 5.69 Å². The van der Waals surface area contributed by atoms with Gasteiger partial charge < -0.3 is 13.9 Å². The first-order valence-corrected chi connectivity index (χ1v) is 7.95. The average molecular weight is 360 g/mol. The fraction of sp³-hybridized carbons (Fsp3) is 0.125. The molecule has 2 aromatic heterocycles. The van der Waals surface area contributed by atoms with Gasteiger partial charge in [-0.15, -0.1) is 11.3 Å². The highest BCUT2D eigenvalue weighted by molar-refractivity contribution is 7.13. The Labute approximate surface area is 145 Å². The maximum atomic E-state index is 11.8. The van der Waals surface area contributed by atoms with Crippen LogP contribution in [0.2, 0.25) is 0 Å². The van der Waals surface area contributed by atoms with Crippen molar-refractivity contribution in [3.8, 4) is 16.3 Å². The zero-order valence-electron chi connectivity index (χ0n) is 13.0. The van der Waals surface area contributed by atoms with Gasteiger partial charge in [-0.05, 0) is 30.3 Å². The summed E-state index contributed by atoms with van der Waals surface area (Å²) < 4.78 is 15.0. The van der Waals surface area contributed by atoms with Gasteiger partial charge in [0.2, 0.25) is 5.76 Å². The number of carbonyl (C=O) groups excluding carboxylic acids is 1. The van der Waals surface area contributed by atoms with Crippen LogP contribution in [0, 0.1) is 10.1 Å². The topological polar surface area (TPSA) is 105 Å². The molecule has 8 nitrogen and oxygen atoms in total. The van der Waals surface area contributed by atoms with Crippen LogP contribution in [0.4, 0.5) is 5.88 Å². The fourth-order valence-electron chi connectivity index (χ4n) is 1.99. The number of nitrogens with zero attached hydrogens (tertiary/aromatic N) is 2. The SMILES string of the molecule is COc1ccc(-c2nc(COC(=O)c3ccc([N+](=O)[O-])o3)cs2)cc1. The molecule has 3 rings (SSSR count). The largest absolute Gasteiger partial charge is 0.497 e. The molecular formula is C16H12N2O6S. The third-order valence-electron chi connectivity index (χ3n) is 3.21. The molecule has 0 unspecified atom stereocenters. The number of esters is 1. The highest BCUT2D eigenvalue weighted by atomic mass is 32.1. The van der Waals surface area contributed by atoms with E-state index in [1.54, 1.807) is 12.5 Å². The highest BCUT2D eigenvalue weighted by Crippen LogP contribution is 2.26. The number of hydrogen-bond acceptors (Lipinski definition) is 8. The lowest BCUT2D eigenvalue weighted by molar-refractivity contribution is -0.402. The number of rotatable bonds is 6. The van der Waals surface area contributed by atoms with E-state index < -0.39 is 16.8 Å². The van der Waals surface area contributed by atoms with Gasteiger partial charge in [-0.3, -0.25) is 10.1 Å². The van der Waals surface area contributed by atoms with Crippen LogP contribution in [-0.4, -0.2) is 23.0 Å². The molecule has 2 heterocycles. The summed E-state index contributed by atoms with van der Waals surface area (Å²) in [6.45, 7) is -0.0556. The van der Waals surface area contributed by atoms with Gasteiger partial charge in [-0.25, -0.2) is 9.78 Å². The molecule has 25 heavy (non-hydrogen) atoms. The van der Waals surface area contributed by atoms with Crippen molar-refractivity contribution in [2.24, 2.45) is 0 Å². The normalized spacial score (nSPS) is 10.4. The van der Waals surface area contributed by atoms with Crippen molar-refractivity contribution < 1.29 is 23.6 Å². The van der Waals surface area contributed by atoms with Crippen molar-refractivity contribution in [1.29, 1.82) is 0 Å². The monoisotopic (exact) mass is 360 g/mol. The second-order valence-corrected chi connectivity index (χ2v) is 5.70. The van der Waals surface area contributed by atoms with E-state index in [-0.39, 0.29) is 12.4 Å². The number of furan rings is 1. The lowest BCUT2D eigenvalue weighted by atomic mass is 10.2. The van der Waals surface area contributed by atoms with Crippen LogP contribution < -0.4 is 4.74 Å². The number of carbonyl (C=O) groups is 1. The summed E-state index contributed by atoms with van der Waals surface area (Å²) in [6, 6.07) is 9.73. The quantitative estimate of drug-likeness (QED) is 0.375. The van der Waals surface area contributed by atoms with Crippen molar-refractivity contribution in [3.63, 3.8) is 0 Å². The minimum atomic E-state index is -0.785. The van der Waals surface area contributed by atoms with Crippen molar-refractivity contribution in [3.05, 3.63) is 63.3 Å². The zero-order chi connectivity index (χ0) is 17.8. The summed E-state index contributed by atoms with van der Waals surface area (Å²) >= 11 is 1.42. The van der Waals surface area contributed by atoms with E-state index in [0.717, 1.165) is 22.4 Å². The Hall–Kier alpha value is -3.20. The van der Waals surface area contributed by atoms with E-state index in [2.05, 4.69) is 4.98 Å². The second kappa shape index (κ2) is 7.14. The van der Waals surface area contributed by atoms with Crippen molar-refractivity contribution in [2.45, 2.75) is 6.61 Å². The summed E-state index contributed by atoms with van der Waals surface area (Å²) in [6.07, 6.45) is 0. The van der Waals surface area contributed by atoms with E-state index >= 15 is 0 Å². The van der Waals surface area contributed by atoms with Gasteiger partial charge in [0.1, 0.15) is 22.3 Å². The van der Waals surface area contributed by atoms with Crippen LogP contribution in [0.3, 0.4) is 0 Å². The summed E-state index contributed by atoms with van der Waals surface area (Å²) in [5.74, 6) is -0.770. The molecule has 0 radical (unpaired) electrons. The van der Waals surface area contributed by atoms with Gasteiger partial charge in [0.15, 0.2) is 0 Å². The van der Waals surface area contributed by atoms with E-state index in [1.165, 1.54) is 17.4 Å². The molecule has 0 bridgehead atoms. The van der Waals surface area contributed by atoms with Gasteiger partial charge >= 0.3 is 11.9 Å². The molecule has 0 aliphatic carbocycles. The molecule has 0 saturated carbocycles. The maximum absolute atomic E-state index is 11.8. The van der Waals surface area contributed by atoms with E-state index in [1.807, 2.05) is 24.3 Å². The van der Waals surface area contributed by atoms with E-state index in [4.69, 9.17) is 13.9 Å². The number of hydrogen-bond donors (Lipinski definition) is 0. The van der Waals surface area contributed by atoms with E-state index in [9.17, 15) is 14.9 Å². The first-order chi connectivity index (χ1) is 12.1. The van der Waals surface area contributed by atoms with Crippen molar-refractivity contribution in [2.75, 3.05) is 7.11 Å². The summed E-state index contributed by atoms with van der Waals surface area (Å²) in [4.78, 5) is 26.0. The third kappa shape index (κ3) is 3.83. The van der Waals surface area contributed by atoms with Crippen molar-refractivity contribution >= 4 is 23.2 Å². The van der Waals surface area contributed by atoms with Gasteiger partial charge in [0.25, 0.3) is 0 Å². The molecule has 9 heteroatoms. The Morgan fingerprint density at radius 2 is 2.04 bits per heavy atom. The molecule has 0 N–H and O–H groups in total. The predicted molar refractivity (Wildman–Crippen MR) is 88.6 cm³/mol. The number of methoxy groups -OCH3 is 1. The van der Waals surface area contributed by atoms with Crippen LogP contribution >= 0.6 is 11.3 Å². The zero-order valence-corrected chi connectivity index (χ0v) is 13.8. The highest BCUT2D eigenvalue weighted by Gasteiger charge is 2.18. The second-order valence-electron chi connectivity index (χ2n) is 4.84. The molecule has 128 valence electrons. The lowest BCUT2D eigenvalue weighted by Crippen LogP contribution is -2.04. The van der Waals surface area contributed by atoms with Crippen LogP contribution in [0.15, 0.2) is 46.2 Å². The molecular weight excluding hydrogens is 348 g/mol. The standard InChI is InChI=1S/C16H12N2O6S/c1-22-12-4-2-10(3-5-12)15-17-11(9-25-15)8-23-16(19)13-6-7-14(24-13)18(20)21/h2-7,9H,8H2,1H3. The minimum Gasteiger partial charge on any atom is -0.497 e. The molecule has 0 spiro atoms. The number of aromatic nitrogens is 1.